The van der Waals surface area contributed by atoms with E-state index in [0.717, 1.165) is 23.3 Å². The number of rotatable bonds is 5. The van der Waals surface area contributed by atoms with Crippen LogP contribution in [-0.4, -0.2) is 34.7 Å². The predicted molar refractivity (Wildman–Crippen MR) is 99.2 cm³/mol. The number of aliphatic hydroxyl groups is 1. The van der Waals surface area contributed by atoms with Crippen LogP contribution in [0.15, 0.2) is 60.7 Å². The Morgan fingerprint density at radius 1 is 1.12 bits per heavy atom. The molecule has 1 unspecified atom stereocenters. The number of amides is 1. The zero-order chi connectivity index (χ0) is 17.0. The second-order valence-corrected chi connectivity index (χ2v) is 7.67. The molecule has 2 aromatic rings. The summed E-state index contributed by atoms with van der Waals surface area (Å²) in [7, 11) is 0. The fourth-order valence-electron chi connectivity index (χ4n) is 3.13. The molecule has 1 aliphatic heterocycles. The van der Waals surface area contributed by atoms with E-state index < -0.39 is 11.0 Å². The summed E-state index contributed by atoms with van der Waals surface area (Å²) in [5.74, 6) is 1.55. The van der Waals surface area contributed by atoms with E-state index in [2.05, 4.69) is 5.32 Å². The monoisotopic (exact) mass is 341 g/mol. The Labute approximate surface area is 147 Å². The molecule has 2 aromatic carbocycles. The molecule has 0 radical (unpaired) electrons. The third kappa shape index (κ3) is 3.35. The van der Waals surface area contributed by atoms with Gasteiger partial charge < -0.3 is 10.4 Å². The molecular weight excluding hydrogens is 318 g/mol. The predicted octanol–water partition coefficient (Wildman–Crippen LogP) is 2.98. The van der Waals surface area contributed by atoms with Crippen LogP contribution < -0.4 is 5.32 Å². The van der Waals surface area contributed by atoms with Gasteiger partial charge in [-0.1, -0.05) is 60.7 Å². The summed E-state index contributed by atoms with van der Waals surface area (Å²) >= 11 is 1.73. The summed E-state index contributed by atoms with van der Waals surface area (Å²) in [6.07, 6.45) is 0.728. The molecule has 3 nitrogen and oxygen atoms in total. The van der Waals surface area contributed by atoms with Gasteiger partial charge in [0.05, 0.1) is 11.0 Å². The van der Waals surface area contributed by atoms with E-state index in [-0.39, 0.29) is 5.91 Å². The third-order valence-corrected chi connectivity index (χ3v) is 6.05. The van der Waals surface area contributed by atoms with E-state index in [4.69, 9.17) is 0 Å². The average molecular weight is 341 g/mol. The van der Waals surface area contributed by atoms with Gasteiger partial charge in [0.2, 0.25) is 5.91 Å². The average Bonchev–Trinajstić information content (AvgIpc) is 3.07. The number of hydrogen-bond acceptors (Lipinski definition) is 3. The maximum absolute atomic E-state index is 13.1. The summed E-state index contributed by atoms with van der Waals surface area (Å²) in [5, 5.41) is 13.5. The Bertz CT molecular complexity index is 642. The van der Waals surface area contributed by atoms with E-state index in [1.54, 1.807) is 11.8 Å². The Balaban J connectivity index is 1.89. The lowest BCUT2D eigenvalue weighted by Gasteiger charge is -2.31. The lowest BCUT2D eigenvalue weighted by atomic mass is 9.75. The third-order valence-electron chi connectivity index (χ3n) is 4.82. The topological polar surface area (TPSA) is 49.3 Å². The van der Waals surface area contributed by atoms with Gasteiger partial charge in [0.1, 0.15) is 0 Å². The molecule has 1 fully saturated rings. The summed E-state index contributed by atoms with van der Waals surface area (Å²) in [6, 6.07) is 19.6. The Kier molecular flexibility index (Phi) is 4.97. The molecule has 1 heterocycles. The zero-order valence-corrected chi connectivity index (χ0v) is 14.7. The van der Waals surface area contributed by atoms with Crippen molar-refractivity contribution in [1.29, 1.82) is 0 Å². The molecule has 24 heavy (non-hydrogen) atoms. The summed E-state index contributed by atoms with van der Waals surface area (Å²) in [4.78, 5) is 13.1. The molecule has 126 valence electrons. The van der Waals surface area contributed by atoms with Crippen molar-refractivity contribution in [2.45, 2.75) is 24.4 Å². The van der Waals surface area contributed by atoms with E-state index in [9.17, 15) is 9.90 Å². The van der Waals surface area contributed by atoms with Crippen molar-refractivity contribution in [2.24, 2.45) is 0 Å². The largest absolute Gasteiger partial charge is 0.387 e. The Morgan fingerprint density at radius 3 is 2.12 bits per heavy atom. The first-order valence-corrected chi connectivity index (χ1v) is 9.40. The minimum atomic E-state index is -0.787. The first kappa shape index (κ1) is 17.1. The number of benzene rings is 2. The van der Waals surface area contributed by atoms with Gasteiger partial charge >= 0.3 is 0 Å². The number of carbonyl (C=O) groups is 1. The molecule has 3 rings (SSSR count). The molecular formula is C20H23NO2S. The Morgan fingerprint density at radius 2 is 1.67 bits per heavy atom. The van der Waals surface area contributed by atoms with Crippen LogP contribution in [0, 0.1) is 0 Å². The number of thioether (sulfide) groups is 1. The highest BCUT2D eigenvalue weighted by Crippen LogP contribution is 2.33. The van der Waals surface area contributed by atoms with Crippen LogP contribution in [0.4, 0.5) is 0 Å². The SMILES string of the molecule is CC(C(=O)NCC1(O)CCSC1)(c1ccccc1)c1ccccc1. The van der Waals surface area contributed by atoms with Crippen LogP contribution in [-0.2, 0) is 10.2 Å². The molecule has 0 saturated carbocycles. The second kappa shape index (κ2) is 6.99. The number of hydrogen-bond donors (Lipinski definition) is 2. The highest BCUT2D eigenvalue weighted by atomic mass is 32.2. The van der Waals surface area contributed by atoms with Gasteiger partial charge in [0.25, 0.3) is 0 Å². The van der Waals surface area contributed by atoms with Crippen LogP contribution in [0.5, 0.6) is 0 Å². The van der Waals surface area contributed by atoms with Crippen LogP contribution in [0.2, 0.25) is 0 Å². The molecule has 2 N–H and O–H groups in total. The van der Waals surface area contributed by atoms with Crippen molar-refractivity contribution in [3.8, 4) is 0 Å². The molecule has 0 bridgehead atoms. The van der Waals surface area contributed by atoms with Gasteiger partial charge in [-0.25, -0.2) is 0 Å². The van der Waals surface area contributed by atoms with E-state index in [1.165, 1.54) is 0 Å². The summed E-state index contributed by atoms with van der Waals surface area (Å²) in [6.45, 7) is 2.24. The van der Waals surface area contributed by atoms with E-state index in [1.807, 2.05) is 67.6 Å². The van der Waals surface area contributed by atoms with Crippen molar-refractivity contribution in [3.05, 3.63) is 71.8 Å². The lowest BCUT2D eigenvalue weighted by Crippen LogP contribution is -2.49. The lowest BCUT2D eigenvalue weighted by molar-refractivity contribution is -0.125. The minimum Gasteiger partial charge on any atom is -0.387 e. The molecule has 4 heteroatoms. The summed E-state index contributed by atoms with van der Waals surface area (Å²) in [5.41, 5.74) is 0.321. The molecule has 1 atom stereocenters. The van der Waals surface area contributed by atoms with Crippen LogP contribution in [0.1, 0.15) is 24.5 Å². The number of nitrogens with one attached hydrogen (secondary N) is 1. The normalized spacial score (nSPS) is 20.8. The molecule has 1 aliphatic rings. The minimum absolute atomic E-state index is 0.0785. The standard InChI is InChI=1S/C20H23NO2S/c1-19(16-8-4-2-5-9-16,17-10-6-3-7-11-17)18(22)21-14-20(23)12-13-24-15-20/h2-11,23H,12-15H2,1H3,(H,21,22). The van der Waals surface area contributed by atoms with Crippen molar-refractivity contribution >= 4 is 17.7 Å². The van der Waals surface area contributed by atoms with Gasteiger partial charge in [0, 0.05) is 12.3 Å². The smallest absolute Gasteiger partial charge is 0.234 e. The van der Waals surface area contributed by atoms with Gasteiger partial charge in [-0.3, -0.25) is 4.79 Å². The van der Waals surface area contributed by atoms with Crippen molar-refractivity contribution in [1.82, 2.24) is 5.32 Å². The van der Waals surface area contributed by atoms with E-state index in [0.29, 0.717) is 12.3 Å². The van der Waals surface area contributed by atoms with Gasteiger partial charge in [-0.05, 0) is 30.2 Å². The number of carbonyl (C=O) groups excluding carboxylic acids is 1. The van der Waals surface area contributed by atoms with Crippen molar-refractivity contribution in [2.75, 3.05) is 18.1 Å². The maximum atomic E-state index is 13.1. The summed E-state index contributed by atoms with van der Waals surface area (Å²) < 4.78 is 0. The fraction of sp³-hybridized carbons (Fsp3) is 0.350. The molecule has 0 aromatic heterocycles. The Hall–Kier alpha value is -1.78. The highest BCUT2D eigenvalue weighted by molar-refractivity contribution is 7.99. The zero-order valence-electron chi connectivity index (χ0n) is 13.9. The van der Waals surface area contributed by atoms with Crippen molar-refractivity contribution < 1.29 is 9.90 Å². The van der Waals surface area contributed by atoms with Gasteiger partial charge in [-0.15, -0.1) is 0 Å². The molecule has 1 saturated heterocycles. The fourth-order valence-corrected chi connectivity index (χ4v) is 4.42. The second-order valence-electron chi connectivity index (χ2n) is 6.57. The first-order chi connectivity index (χ1) is 11.5. The van der Waals surface area contributed by atoms with E-state index >= 15 is 0 Å². The quantitative estimate of drug-likeness (QED) is 0.879. The van der Waals surface area contributed by atoms with Gasteiger partial charge in [0.15, 0.2) is 0 Å². The first-order valence-electron chi connectivity index (χ1n) is 8.24. The molecule has 1 amide bonds. The molecule has 0 spiro atoms. The van der Waals surface area contributed by atoms with Crippen LogP contribution in [0.3, 0.4) is 0 Å². The van der Waals surface area contributed by atoms with Crippen LogP contribution >= 0.6 is 11.8 Å². The van der Waals surface area contributed by atoms with Crippen LogP contribution in [0.25, 0.3) is 0 Å². The van der Waals surface area contributed by atoms with Crippen molar-refractivity contribution in [3.63, 3.8) is 0 Å². The highest BCUT2D eigenvalue weighted by Gasteiger charge is 2.39. The van der Waals surface area contributed by atoms with Gasteiger partial charge in [-0.2, -0.15) is 11.8 Å². The molecule has 0 aliphatic carbocycles. The maximum Gasteiger partial charge on any atom is 0.234 e.